The maximum Gasteiger partial charge on any atom is 0.216 e. The van der Waals surface area contributed by atoms with Crippen LogP contribution in [0.4, 0.5) is 0 Å². The molecule has 0 fully saturated rings. The Labute approximate surface area is 95.8 Å². The molecule has 3 nitrogen and oxygen atoms in total. The number of rotatable bonds is 5. The van der Waals surface area contributed by atoms with Crippen LogP contribution in [0, 0.1) is 5.92 Å². The smallest absolute Gasteiger partial charge is 0.216 e. The van der Waals surface area contributed by atoms with Gasteiger partial charge in [-0.25, -0.2) is 9.97 Å². The van der Waals surface area contributed by atoms with Crippen molar-refractivity contribution in [1.82, 2.24) is 9.97 Å². The van der Waals surface area contributed by atoms with Crippen LogP contribution in [0.1, 0.15) is 26.0 Å². The molecule has 0 N–H and O–H groups in total. The van der Waals surface area contributed by atoms with Crippen molar-refractivity contribution in [1.29, 1.82) is 0 Å². The molecule has 1 rings (SSSR count). The summed E-state index contributed by atoms with van der Waals surface area (Å²) in [5.41, 5.74) is 0.933. The molecule has 1 unspecified atom stereocenters. The third-order valence-electron chi connectivity index (χ3n) is 2.07. The van der Waals surface area contributed by atoms with E-state index in [1.807, 2.05) is 6.07 Å². The van der Waals surface area contributed by atoms with E-state index in [-0.39, 0.29) is 5.38 Å². The van der Waals surface area contributed by atoms with E-state index in [4.69, 9.17) is 16.3 Å². The topological polar surface area (TPSA) is 35.0 Å². The molecule has 0 saturated carbocycles. The average Bonchev–Trinajstić information content (AvgIpc) is 2.16. The Hall–Kier alpha value is -0.830. The maximum absolute atomic E-state index is 6.20. The highest BCUT2D eigenvalue weighted by molar-refractivity contribution is 6.20. The molecule has 0 spiro atoms. The lowest BCUT2D eigenvalue weighted by molar-refractivity contribution is 0.395. The molecule has 0 saturated heterocycles. The minimum atomic E-state index is 0.129. The largest absolute Gasteiger partial charge is 0.481 e. The molecule has 1 atom stereocenters. The first kappa shape index (κ1) is 12.2. The molecule has 0 amide bonds. The lowest BCUT2D eigenvalue weighted by Crippen LogP contribution is -2.08. The van der Waals surface area contributed by atoms with Crippen LogP contribution in [0.15, 0.2) is 12.4 Å². The highest BCUT2D eigenvalue weighted by Gasteiger charge is 2.09. The van der Waals surface area contributed by atoms with E-state index < -0.39 is 0 Å². The number of nitrogens with zero attached hydrogens (tertiary/aromatic N) is 2. The van der Waals surface area contributed by atoms with Gasteiger partial charge < -0.3 is 4.74 Å². The number of ether oxygens (including phenoxy) is 1. The second-order valence-electron chi connectivity index (χ2n) is 3.98. The highest BCUT2D eigenvalue weighted by Crippen LogP contribution is 2.16. The number of hydrogen-bond acceptors (Lipinski definition) is 3. The van der Waals surface area contributed by atoms with Crippen molar-refractivity contribution in [2.75, 3.05) is 7.11 Å². The molecule has 0 aliphatic heterocycles. The van der Waals surface area contributed by atoms with E-state index in [0.717, 1.165) is 18.5 Å². The van der Waals surface area contributed by atoms with Crippen molar-refractivity contribution in [3.05, 3.63) is 18.1 Å². The summed E-state index contributed by atoms with van der Waals surface area (Å²) in [5, 5.41) is 0.129. The third kappa shape index (κ3) is 4.47. The number of alkyl halides is 1. The first-order valence-electron chi connectivity index (χ1n) is 5.10. The number of halogens is 1. The van der Waals surface area contributed by atoms with Crippen molar-refractivity contribution in [3.63, 3.8) is 0 Å². The zero-order chi connectivity index (χ0) is 11.3. The van der Waals surface area contributed by atoms with E-state index >= 15 is 0 Å². The molecule has 1 aromatic heterocycles. The predicted octanol–water partition coefficient (Wildman–Crippen LogP) is 2.68. The zero-order valence-electron chi connectivity index (χ0n) is 9.40. The van der Waals surface area contributed by atoms with Gasteiger partial charge in [-0.1, -0.05) is 13.8 Å². The van der Waals surface area contributed by atoms with Gasteiger partial charge in [0.15, 0.2) is 0 Å². The Balaban J connectivity index is 2.55. The summed E-state index contributed by atoms with van der Waals surface area (Å²) >= 11 is 6.20. The van der Waals surface area contributed by atoms with Crippen LogP contribution >= 0.6 is 11.6 Å². The summed E-state index contributed by atoms with van der Waals surface area (Å²) in [6, 6.07) is 1.83. The van der Waals surface area contributed by atoms with Crippen molar-refractivity contribution in [2.24, 2.45) is 5.92 Å². The van der Waals surface area contributed by atoms with Crippen LogP contribution in [-0.4, -0.2) is 22.5 Å². The number of methoxy groups -OCH3 is 1. The quantitative estimate of drug-likeness (QED) is 0.727. The average molecular weight is 229 g/mol. The normalized spacial score (nSPS) is 12.9. The van der Waals surface area contributed by atoms with Gasteiger partial charge in [0.05, 0.1) is 7.11 Å². The highest BCUT2D eigenvalue weighted by atomic mass is 35.5. The fourth-order valence-electron chi connectivity index (χ4n) is 1.42. The molecule has 0 radical (unpaired) electrons. The van der Waals surface area contributed by atoms with Gasteiger partial charge in [0.1, 0.15) is 6.33 Å². The summed E-state index contributed by atoms with van der Waals surface area (Å²) in [7, 11) is 1.60. The Morgan fingerprint density at radius 2 is 2.13 bits per heavy atom. The van der Waals surface area contributed by atoms with Crippen molar-refractivity contribution in [2.45, 2.75) is 32.1 Å². The molecular formula is C11H17ClN2O. The summed E-state index contributed by atoms with van der Waals surface area (Å²) in [4.78, 5) is 8.11. The van der Waals surface area contributed by atoms with Crippen molar-refractivity contribution < 1.29 is 4.74 Å². The van der Waals surface area contributed by atoms with E-state index in [0.29, 0.717) is 11.8 Å². The summed E-state index contributed by atoms with van der Waals surface area (Å²) in [6.07, 6.45) is 3.26. The molecule has 15 heavy (non-hydrogen) atoms. The number of aromatic nitrogens is 2. The van der Waals surface area contributed by atoms with Gasteiger partial charge in [-0.3, -0.25) is 0 Å². The summed E-state index contributed by atoms with van der Waals surface area (Å²) < 4.78 is 5.02. The maximum atomic E-state index is 6.20. The van der Waals surface area contributed by atoms with Gasteiger partial charge in [-0.05, 0) is 12.3 Å². The van der Waals surface area contributed by atoms with Crippen LogP contribution in [0.5, 0.6) is 5.88 Å². The molecule has 4 heteroatoms. The van der Waals surface area contributed by atoms with Crippen molar-refractivity contribution in [3.8, 4) is 5.88 Å². The predicted molar refractivity (Wildman–Crippen MR) is 61.4 cm³/mol. The van der Waals surface area contributed by atoms with E-state index in [1.165, 1.54) is 6.33 Å². The van der Waals surface area contributed by atoms with Crippen LogP contribution < -0.4 is 4.74 Å². The van der Waals surface area contributed by atoms with Gasteiger partial charge in [-0.2, -0.15) is 0 Å². The molecule has 0 aliphatic rings. The van der Waals surface area contributed by atoms with Crippen molar-refractivity contribution >= 4 is 11.6 Å². The lowest BCUT2D eigenvalue weighted by Gasteiger charge is -2.11. The molecule has 1 aromatic rings. The van der Waals surface area contributed by atoms with E-state index in [2.05, 4.69) is 23.8 Å². The van der Waals surface area contributed by atoms with Gasteiger partial charge in [-0.15, -0.1) is 11.6 Å². The van der Waals surface area contributed by atoms with E-state index in [9.17, 15) is 0 Å². The molecule has 0 aromatic carbocycles. The van der Waals surface area contributed by atoms with E-state index in [1.54, 1.807) is 7.11 Å². The Morgan fingerprint density at radius 3 is 2.73 bits per heavy atom. The minimum Gasteiger partial charge on any atom is -0.481 e. The van der Waals surface area contributed by atoms with Gasteiger partial charge in [0.2, 0.25) is 5.88 Å². The number of hydrogen-bond donors (Lipinski definition) is 0. The second kappa shape index (κ2) is 5.91. The van der Waals surface area contributed by atoms with Crippen LogP contribution in [-0.2, 0) is 6.42 Å². The third-order valence-corrected chi connectivity index (χ3v) is 2.40. The second-order valence-corrected chi connectivity index (χ2v) is 4.60. The Kier molecular flexibility index (Phi) is 4.82. The van der Waals surface area contributed by atoms with Crippen LogP contribution in [0.25, 0.3) is 0 Å². The van der Waals surface area contributed by atoms with Gasteiger partial charge >= 0.3 is 0 Å². The van der Waals surface area contributed by atoms with Gasteiger partial charge in [0.25, 0.3) is 0 Å². The first-order valence-corrected chi connectivity index (χ1v) is 5.54. The fourth-order valence-corrected chi connectivity index (χ4v) is 1.94. The molecular weight excluding hydrogens is 212 g/mol. The Morgan fingerprint density at radius 1 is 1.40 bits per heavy atom. The van der Waals surface area contributed by atoms with Gasteiger partial charge in [0, 0.05) is 23.6 Å². The summed E-state index contributed by atoms with van der Waals surface area (Å²) in [5.74, 6) is 1.20. The monoisotopic (exact) mass is 228 g/mol. The van der Waals surface area contributed by atoms with Crippen LogP contribution in [0.2, 0.25) is 0 Å². The minimum absolute atomic E-state index is 0.129. The molecule has 0 aliphatic carbocycles. The first-order chi connectivity index (χ1) is 7.11. The molecule has 84 valence electrons. The Bertz CT molecular complexity index is 304. The lowest BCUT2D eigenvalue weighted by atomic mass is 10.0. The molecule has 1 heterocycles. The fraction of sp³-hybridized carbons (Fsp3) is 0.636. The summed E-state index contributed by atoms with van der Waals surface area (Å²) in [6.45, 7) is 4.33. The zero-order valence-corrected chi connectivity index (χ0v) is 10.2. The van der Waals surface area contributed by atoms with Crippen LogP contribution in [0.3, 0.4) is 0 Å². The SMILES string of the molecule is COc1cc(CC(Cl)CC(C)C)ncn1. The standard InChI is InChI=1S/C11H17ClN2O/c1-8(2)4-9(12)5-10-6-11(15-3)14-7-13-10/h6-9H,4-5H2,1-3H3. The molecule has 0 bridgehead atoms.